The number of hydrogen-bond acceptors (Lipinski definition) is 3. The van der Waals surface area contributed by atoms with Crippen molar-refractivity contribution in [1.29, 1.82) is 0 Å². The molecule has 1 heterocycles. The normalized spacial score (nSPS) is 10.8. The molecule has 3 aromatic rings. The number of rotatable bonds is 12. The van der Waals surface area contributed by atoms with Crippen molar-refractivity contribution in [2.24, 2.45) is 7.05 Å². The summed E-state index contributed by atoms with van der Waals surface area (Å²) in [5, 5.41) is 3.01. The summed E-state index contributed by atoms with van der Waals surface area (Å²) in [7, 11) is 1.97. The van der Waals surface area contributed by atoms with Crippen LogP contribution in [0.4, 0.5) is 10.5 Å². The molecule has 2 aromatic carbocycles. The second-order valence-electron chi connectivity index (χ2n) is 9.00. The van der Waals surface area contributed by atoms with Crippen molar-refractivity contribution in [1.82, 2.24) is 14.4 Å². The Morgan fingerprint density at radius 3 is 2.42 bits per heavy atom. The Balaban J connectivity index is 1.78. The van der Waals surface area contributed by atoms with Crippen LogP contribution in [0.3, 0.4) is 0 Å². The number of urea groups is 1. The number of hydrogen-bond donors (Lipinski definition) is 1. The molecule has 1 N–H and O–H groups in total. The highest BCUT2D eigenvalue weighted by molar-refractivity contribution is 5.93. The fourth-order valence-corrected chi connectivity index (χ4v) is 3.99. The Labute approximate surface area is 214 Å². The van der Waals surface area contributed by atoms with Crippen molar-refractivity contribution in [3.63, 3.8) is 0 Å². The summed E-state index contributed by atoms with van der Waals surface area (Å²) in [5.41, 5.74) is 4.95. The van der Waals surface area contributed by atoms with Crippen molar-refractivity contribution < 1.29 is 14.3 Å². The second-order valence-corrected chi connectivity index (χ2v) is 9.00. The van der Waals surface area contributed by atoms with Gasteiger partial charge in [0.15, 0.2) is 0 Å². The molecule has 0 spiro atoms. The van der Waals surface area contributed by atoms with Crippen LogP contribution in [0.2, 0.25) is 0 Å². The van der Waals surface area contributed by atoms with E-state index in [1.807, 2.05) is 104 Å². The lowest BCUT2D eigenvalue weighted by Gasteiger charge is -2.28. The van der Waals surface area contributed by atoms with Crippen molar-refractivity contribution in [2.75, 3.05) is 31.6 Å². The minimum atomic E-state index is -0.285. The Bertz CT molecular complexity index is 1130. The molecule has 0 saturated carbocycles. The molecule has 0 atom stereocenters. The number of carbonyl (C=O) groups excluding carboxylic acids is 2. The largest absolute Gasteiger partial charge is 0.382 e. The molecular weight excluding hydrogens is 452 g/mol. The number of nitrogens with one attached hydrogen (secondary N) is 1. The van der Waals surface area contributed by atoms with Gasteiger partial charge in [0.05, 0.1) is 6.54 Å². The molecule has 192 valence electrons. The van der Waals surface area contributed by atoms with Gasteiger partial charge < -0.3 is 24.4 Å². The van der Waals surface area contributed by atoms with Crippen molar-refractivity contribution in [3.05, 3.63) is 89.2 Å². The Morgan fingerprint density at radius 1 is 0.944 bits per heavy atom. The van der Waals surface area contributed by atoms with Crippen LogP contribution in [0.1, 0.15) is 35.7 Å². The van der Waals surface area contributed by atoms with Crippen LogP contribution in [-0.4, -0.2) is 52.6 Å². The zero-order valence-electron chi connectivity index (χ0n) is 21.9. The van der Waals surface area contributed by atoms with Gasteiger partial charge in [0.2, 0.25) is 5.91 Å². The fraction of sp³-hybridized carbons (Fsp3) is 0.379. The molecule has 0 bridgehead atoms. The minimum Gasteiger partial charge on any atom is -0.382 e. The van der Waals surface area contributed by atoms with E-state index in [4.69, 9.17) is 4.74 Å². The molecular formula is C29H38N4O3. The van der Waals surface area contributed by atoms with Gasteiger partial charge in [-0.1, -0.05) is 42.5 Å². The average molecular weight is 491 g/mol. The quantitative estimate of drug-likeness (QED) is 0.358. The summed E-state index contributed by atoms with van der Waals surface area (Å²) in [6.07, 6.45) is 2.62. The van der Waals surface area contributed by atoms with Crippen LogP contribution in [0.25, 0.3) is 0 Å². The van der Waals surface area contributed by atoms with Crippen molar-refractivity contribution in [2.45, 2.75) is 40.3 Å². The minimum absolute atomic E-state index is 0.0138. The first-order valence-corrected chi connectivity index (χ1v) is 12.5. The molecule has 0 saturated heterocycles. The number of anilines is 1. The van der Waals surface area contributed by atoms with Gasteiger partial charge in [-0.05, 0) is 62.1 Å². The monoisotopic (exact) mass is 490 g/mol. The third-order valence-corrected chi connectivity index (χ3v) is 6.35. The zero-order chi connectivity index (χ0) is 25.9. The molecule has 0 aliphatic rings. The van der Waals surface area contributed by atoms with Gasteiger partial charge in [-0.2, -0.15) is 0 Å². The van der Waals surface area contributed by atoms with E-state index in [9.17, 15) is 9.59 Å². The third-order valence-electron chi connectivity index (χ3n) is 6.35. The van der Waals surface area contributed by atoms with Crippen LogP contribution in [0.15, 0.2) is 66.9 Å². The lowest BCUT2D eigenvalue weighted by Crippen LogP contribution is -2.45. The highest BCUT2D eigenvalue weighted by Crippen LogP contribution is 2.19. The number of ether oxygens (including phenoxy) is 1. The Kier molecular flexibility index (Phi) is 10.1. The predicted octanol–water partition coefficient (Wildman–Crippen LogP) is 5.13. The summed E-state index contributed by atoms with van der Waals surface area (Å²) < 4.78 is 7.49. The predicted molar refractivity (Wildman–Crippen MR) is 144 cm³/mol. The molecule has 7 heteroatoms. The molecule has 1 aromatic heterocycles. The number of benzene rings is 2. The molecule has 0 fully saturated rings. The molecule has 7 nitrogen and oxygen atoms in total. The maximum absolute atomic E-state index is 13.6. The number of aromatic nitrogens is 1. The summed E-state index contributed by atoms with van der Waals surface area (Å²) in [4.78, 5) is 30.4. The standard InChI is InChI=1S/C29H38N4O3/c1-5-36-19-11-18-32(29(35)30-27-16-9-12-23(2)24(27)3)22-28(34)33(20-25-13-7-6-8-14-25)21-26-15-10-17-31(26)4/h6-10,12-17H,5,11,18-22H2,1-4H3,(H,30,35). The molecule has 0 radical (unpaired) electrons. The maximum Gasteiger partial charge on any atom is 0.322 e. The first-order valence-electron chi connectivity index (χ1n) is 12.5. The van der Waals surface area contributed by atoms with Crippen LogP contribution in [0.5, 0.6) is 0 Å². The summed E-state index contributed by atoms with van der Waals surface area (Å²) in [6.45, 7) is 8.44. The topological polar surface area (TPSA) is 66.8 Å². The average Bonchev–Trinajstić information content (AvgIpc) is 3.28. The van der Waals surface area contributed by atoms with Gasteiger partial charge in [-0.25, -0.2) is 4.79 Å². The highest BCUT2D eigenvalue weighted by Gasteiger charge is 2.23. The van der Waals surface area contributed by atoms with Crippen LogP contribution in [-0.2, 0) is 29.7 Å². The number of nitrogens with zero attached hydrogens (tertiary/aromatic N) is 3. The smallest absolute Gasteiger partial charge is 0.322 e. The lowest BCUT2D eigenvalue weighted by atomic mass is 10.1. The van der Waals surface area contributed by atoms with E-state index in [1.54, 1.807) is 4.90 Å². The van der Waals surface area contributed by atoms with E-state index in [-0.39, 0.29) is 18.5 Å². The molecule has 3 rings (SSSR count). The second kappa shape index (κ2) is 13.5. The van der Waals surface area contributed by atoms with E-state index in [0.717, 1.165) is 28.1 Å². The summed E-state index contributed by atoms with van der Waals surface area (Å²) >= 11 is 0. The zero-order valence-corrected chi connectivity index (χ0v) is 21.9. The summed E-state index contributed by atoms with van der Waals surface area (Å²) in [5.74, 6) is -0.104. The number of aryl methyl sites for hydroxylation is 2. The van der Waals surface area contributed by atoms with E-state index < -0.39 is 0 Å². The van der Waals surface area contributed by atoms with Crippen LogP contribution < -0.4 is 5.32 Å². The van der Waals surface area contributed by atoms with Crippen molar-refractivity contribution in [3.8, 4) is 0 Å². The molecule has 36 heavy (non-hydrogen) atoms. The Hall–Kier alpha value is -3.58. The maximum atomic E-state index is 13.6. The fourth-order valence-electron chi connectivity index (χ4n) is 3.99. The van der Waals surface area contributed by atoms with Gasteiger partial charge in [-0.3, -0.25) is 4.79 Å². The van der Waals surface area contributed by atoms with Gasteiger partial charge in [-0.15, -0.1) is 0 Å². The number of amides is 3. The van der Waals surface area contributed by atoms with E-state index >= 15 is 0 Å². The Morgan fingerprint density at radius 2 is 1.72 bits per heavy atom. The van der Waals surface area contributed by atoms with Gasteiger partial charge in [0.1, 0.15) is 6.54 Å². The van der Waals surface area contributed by atoms with Crippen molar-refractivity contribution >= 4 is 17.6 Å². The van der Waals surface area contributed by atoms with E-state index in [2.05, 4.69) is 5.32 Å². The third kappa shape index (κ3) is 7.71. The molecule has 0 aliphatic carbocycles. The lowest BCUT2D eigenvalue weighted by molar-refractivity contribution is -0.133. The first-order chi connectivity index (χ1) is 17.4. The summed E-state index contributed by atoms with van der Waals surface area (Å²) in [6, 6.07) is 19.4. The highest BCUT2D eigenvalue weighted by atomic mass is 16.5. The van der Waals surface area contributed by atoms with E-state index in [1.165, 1.54) is 0 Å². The number of carbonyl (C=O) groups is 2. The van der Waals surface area contributed by atoms with Crippen LogP contribution in [0, 0.1) is 13.8 Å². The molecule has 3 amide bonds. The first kappa shape index (κ1) is 27.0. The SMILES string of the molecule is CCOCCCN(CC(=O)N(Cc1ccccc1)Cc1cccn1C)C(=O)Nc1cccc(C)c1C. The van der Waals surface area contributed by atoms with Crippen LogP contribution >= 0.6 is 0 Å². The van der Waals surface area contributed by atoms with Gasteiger partial charge in [0, 0.05) is 50.9 Å². The van der Waals surface area contributed by atoms with Gasteiger partial charge in [0.25, 0.3) is 0 Å². The molecule has 0 aliphatic heterocycles. The van der Waals surface area contributed by atoms with Gasteiger partial charge >= 0.3 is 6.03 Å². The molecule has 0 unspecified atom stereocenters. The van der Waals surface area contributed by atoms with E-state index in [0.29, 0.717) is 39.3 Å².